The van der Waals surface area contributed by atoms with Crippen molar-refractivity contribution in [1.29, 1.82) is 5.26 Å². The van der Waals surface area contributed by atoms with Gasteiger partial charge in [-0.1, -0.05) is 26.2 Å². The molecule has 4 heteroatoms. The third-order valence-electron chi connectivity index (χ3n) is 3.18. The predicted molar refractivity (Wildman–Crippen MR) is 62.7 cm³/mol. The van der Waals surface area contributed by atoms with Gasteiger partial charge in [-0.2, -0.15) is 5.26 Å². The van der Waals surface area contributed by atoms with E-state index in [1.54, 1.807) is 0 Å². The zero-order chi connectivity index (χ0) is 11.9. The summed E-state index contributed by atoms with van der Waals surface area (Å²) in [6.45, 7) is 3.00. The lowest BCUT2D eigenvalue weighted by Crippen LogP contribution is -2.58. The van der Waals surface area contributed by atoms with E-state index in [1.807, 2.05) is 6.92 Å². The number of hydrogen-bond donors (Lipinski definition) is 2. The first-order valence-corrected chi connectivity index (χ1v) is 6.15. The average molecular weight is 223 g/mol. The molecule has 1 aliphatic carbocycles. The molecule has 0 bridgehead atoms. The normalized spacial score (nSPS) is 18.8. The predicted octanol–water partition coefficient (Wildman–Crippen LogP) is 1.33. The second kappa shape index (κ2) is 6.49. The van der Waals surface area contributed by atoms with Gasteiger partial charge < -0.3 is 5.32 Å². The number of nitriles is 1. The zero-order valence-corrected chi connectivity index (χ0v) is 10.0. The standard InChI is InChI=1S/C12H21N3O/c1-2-9-14-11(16)12(15-10-8-13)6-4-3-5-7-12/h15H,2-7,9-10H2,1H3,(H,14,16). The van der Waals surface area contributed by atoms with Gasteiger partial charge in [0.1, 0.15) is 0 Å². The van der Waals surface area contributed by atoms with Crippen molar-refractivity contribution in [2.75, 3.05) is 13.1 Å². The van der Waals surface area contributed by atoms with E-state index in [1.165, 1.54) is 6.42 Å². The van der Waals surface area contributed by atoms with Crippen LogP contribution in [0.25, 0.3) is 0 Å². The van der Waals surface area contributed by atoms with Crippen LogP contribution in [0.15, 0.2) is 0 Å². The van der Waals surface area contributed by atoms with Crippen LogP contribution in [-0.2, 0) is 4.79 Å². The minimum absolute atomic E-state index is 0.0734. The summed E-state index contributed by atoms with van der Waals surface area (Å²) < 4.78 is 0. The van der Waals surface area contributed by atoms with Crippen LogP contribution in [0.3, 0.4) is 0 Å². The Labute approximate surface area is 97.4 Å². The van der Waals surface area contributed by atoms with Crippen molar-refractivity contribution in [2.24, 2.45) is 0 Å². The molecule has 0 radical (unpaired) electrons. The molecular formula is C12H21N3O. The van der Waals surface area contributed by atoms with Crippen LogP contribution < -0.4 is 10.6 Å². The highest BCUT2D eigenvalue weighted by Crippen LogP contribution is 2.28. The van der Waals surface area contributed by atoms with Crippen LogP contribution in [0.1, 0.15) is 45.4 Å². The van der Waals surface area contributed by atoms with Crippen LogP contribution in [0.4, 0.5) is 0 Å². The maximum atomic E-state index is 12.1. The third kappa shape index (κ3) is 3.21. The summed E-state index contributed by atoms with van der Waals surface area (Å²) in [5.41, 5.74) is -0.483. The highest BCUT2D eigenvalue weighted by molar-refractivity contribution is 5.86. The number of carbonyl (C=O) groups is 1. The second-order valence-corrected chi connectivity index (χ2v) is 4.41. The number of hydrogen-bond acceptors (Lipinski definition) is 3. The minimum atomic E-state index is -0.483. The Morgan fingerprint density at radius 1 is 1.38 bits per heavy atom. The molecule has 0 spiro atoms. The molecule has 0 aliphatic heterocycles. The Balaban J connectivity index is 2.61. The first-order valence-electron chi connectivity index (χ1n) is 6.15. The van der Waals surface area contributed by atoms with Crippen LogP contribution in [-0.4, -0.2) is 24.5 Å². The summed E-state index contributed by atoms with van der Waals surface area (Å²) in [5, 5.41) is 14.7. The molecule has 1 rings (SSSR count). The number of rotatable bonds is 5. The summed E-state index contributed by atoms with van der Waals surface area (Å²) >= 11 is 0. The molecule has 1 saturated carbocycles. The molecule has 90 valence electrons. The van der Waals surface area contributed by atoms with Crippen molar-refractivity contribution in [3.05, 3.63) is 0 Å². The van der Waals surface area contributed by atoms with E-state index in [4.69, 9.17) is 5.26 Å². The van der Waals surface area contributed by atoms with Gasteiger partial charge >= 0.3 is 0 Å². The van der Waals surface area contributed by atoms with E-state index in [-0.39, 0.29) is 12.5 Å². The monoisotopic (exact) mass is 223 g/mol. The quantitative estimate of drug-likeness (QED) is 0.691. The van der Waals surface area contributed by atoms with Crippen molar-refractivity contribution in [2.45, 2.75) is 51.0 Å². The lowest BCUT2D eigenvalue weighted by molar-refractivity contribution is -0.128. The fraction of sp³-hybridized carbons (Fsp3) is 0.833. The maximum Gasteiger partial charge on any atom is 0.240 e. The van der Waals surface area contributed by atoms with Crippen LogP contribution in [0, 0.1) is 11.3 Å². The Bertz CT molecular complexity index is 264. The first-order chi connectivity index (χ1) is 7.75. The molecular weight excluding hydrogens is 202 g/mol. The highest BCUT2D eigenvalue weighted by atomic mass is 16.2. The van der Waals surface area contributed by atoms with Crippen molar-refractivity contribution in [1.82, 2.24) is 10.6 Å². The molecule has 1 aliphatic rings. The number of amides is 1. The molecule has 0 unspecified atom stereocenters. The van der Waals surface area contributed by atoms with E-state index in [9.17, 15) is 4.79 Å². The molecule has 0 saturated heterocycles. The molecule has 0 aromatic heterocycles. The average Bonchev–Trinajstić information content (AvgIpc) is 2.34. The Morgan fingerprint density at radius 3 is 2.62 bits per heavy atom. The molecule has 2 N–H and O–H groups in total. The van der Waals surface area contributed by atoms with E-state index in [0.717, 1.165) is 38.6 Å². The van der Waals surface area contributed by atoms with Gasteiger partial charge in [-0.3, -0.25) is 10.1 Å². The van der Waals surface area contributed by atoms with E-state index >= 15 is 0 Å². The van der Waals surface area contributed by atoms with E-state index < -0.39 is 5.54 Å². The number of nitrogens with one attached hydrogen (secondary N) is 2. The number of carbonyl (C=O) groups excluding carboxylic acids is 1. The summed E-state index contributed by atoms with van der Waals surface area (Å²) in [4.78, 5) is 12.1. The van der Waals surface area contributed by atoms with Crippen LogP contribution in [0.2, 0.25) is 0 Å². The fourth-order valence-corrected chi connectivity index (χ4v) is 2.26. The van der Waals surface area contributed by atoms with Crippen molar-refractivity contribution < 1.29 is 4.79 Å². The van der Waals surface area contributed by atoms with Crippen molar-refractivity contribution >= 4 is 5.91 Å². The topological polar surface area (TPSA) is 64.9 Å². The number of nitrogens with zero attached hydrogens (tertiary/aromatic N) is 1. The highest BCUT2D eigenvalue weighted by Gasteiger charge is 2.38. The summed E-state index contributed by atoms with van der Waals surface area (Å²) in [7, 11) is 0. The SMILES string of the molecule is CCCNC(=O)C1(NCC#N)CCCCC1. The van der Waals surface area contributed by atoms with Gasteiger partial charge in [-0.25, -0.2) is 0 Å². The lowest BCUT2D eigenvalue weighted by Gasteiger charge is -2.36. The summed E-state index contributed by atoms with van der Waals surface area (Å²) in [5.74, 6) is 0.0734. The molecule has 1 amide bonds. The largest absolute Gasteiger partial charge is 0.355 e. The first kappa shape index (κ1) is 13.0. The summed E-state index contributed by atoms with van der Waals surface area (Å²) in [6, 6.07) is 2.06. The molecule has 0 aromatic carbocycles. The second-order valence-electron chi connectivity index (χ2n) is 4.41. The van der Waals surface area contributed by atoms with Gasteiger partial charge in [0.25, 0.3) is 0 Å². The van der Waals surface area contributed by atoms with Gasteiger partial charge in [0.05, 0.1) is 18.2 Å². The van der Waals surface area contributed by atoms with Crippen LogP contribution in [0.5, 0.6) is 0 Å². The van der Waals surface area contributed by atoms with Crippen molar-refractivity contribution in [3.8, 4) is 6.07 Å². The lowest BCUT2D eigenvalue weighted by atomic mass is 9.81. The molecule has 4 nitrogen and oxygen atoms in total. The maximum absolute atomic E-state index is 12.1. The molecule has 0 atom stereocenters. The fourth-order valence-electron chi connectivity index (χ4n) is 2.26. The molecule has 0 heterocycles. The van der Waals surface area contributed by atoms with Gasteiger partial charge in [0.15, 0.2) is 0 Å². The van der Waals surface area contributed by atoms with E-state index in [0.29, 0.717) is 0 Å². The minimum Gasteiger partial charge on any atom is -0.355 e. The van der Waals surface area contributed by atoms with Gasteiger partial charge in [-0.15, -0.1) is 0 Å². The van der Waals surface area contributed by atoms with E-state index in [2.05, 4.69) is 16.7 Å². The third-order valence-corrected chi connectivity index (χ3v) is 3.18. The van der Waals surface area contributed by atoms with Gasteiger partial charge in [-0.05, 0) is 19.3 Å². The summed E-state index contributed by atoms with van der Waals surface area (Å²) in [6.07, 6.45) is 5.97. The molecule has 0 aromatic rings. The van der Waals surface area contributed by atoms with Crippen molar-refractivity contribution in [3.63, 3.8) is 0 Å². The van der Waals surface area contributed by atoms with Crippen LogP contribution >= 0.6 is 0 Å². The zero-order valence-electron chi connectivity index (χ0n) is 10.0. The Morgan fingerprint density at radius 2 is 2.06 bits per heavy atom. The molecule has 1 fully saturated rings. The smallest absolute Gasteiger partial charge is 0.240 e. The van der Waals surface area contributed by atoms with Gasteiger partial charge in [0, 0.05) is 6.54 Å². The van der Waals surface area contributed by atoms with Gasteiger partial charge in [0.2, 0.25) is 5.91 Å². The molecule has 16 heavy (non-hydrogen) atoms. The Kier molecular flexibility index (Phi) is 5.27. The Hall–Kier alpha value is -1.08.